The molecule has 0 bridgehead atoms. The highest BCUT2D eigenvalue weighted by molar-refractivity contribution is 5.78. The second-order valence-corrected chi connectivity index (χ2v) is 7.20. The molecule has 1 aliphatic rings. The van der Waals surface area contributed by atoms with E-state index in [4.69, 9.17) is 0 Å². The molecule has 1 heterocycles. The predicted molar refractivity (Wildman–Crippen MR) is 99.2 cm³/mol. The first-order valence-electron chi connectivity index (χ1n) is 9.13. The number of amides is 1. The Kier molecular flexibility index (Phi) is 5.53. The second-order valence-electron chi connectivity index (χ2n) is 7.20. The molecule has 1 amide bonds. The van der Waals surface area contributed by atoms with Gasteiger partial charge in [0.1, 0.15) is 0 Å². The van der Waals surface area contributed by atoms with Crippen LogP contribution in [0.1, 0.15) is 49.9 Å². The summed E-state index contributed by atoms with van der Waals surface area (Å²) < 4.78 is 1.95. The molecule has 3 rings (SSSR count). The molecule has 5 nitrogen and oxygen atoms in total. The fraction of sp³-hybridized carbons (Fsp3) is 0.500. The van der Waals surface area contributed by atoms with Crippen LogP contribution >= 0.6 is 0 Å². The highest BCUT2D eigenvalue weighted by Gasteiger charge is 2.33. The van der Waals surface area contributed by atoms with E-state index in [0.717, 1.165) is 5.56 Å². The zero-order chi connectivity index (χ0) is 17.8. The number of carbonyl (C=O) groups is 1. The van der Waals surface area contributed by atoms with Crippen molar-refractivity contribution in [2.45, 2.75) is 51.7 Å². The lowest BCUT2D eigenvalue weighted by Crippen LogP contribution is -2.42. The largest absolute Gasteiger partial charge is 0.348 e. The zero-order valence-electron chi connectivity index (χ0n) is 15.3. The van der Waals surface area contributed by atoms with Gasteiger partial charge < -0.3 is 10.6 Å². The van der Waals surface area contributed by atoms with E-state index in [1.54, 1.807) is 0 Å². The van der Waals surface area contributed by atoms with Gasteiger partial charge in [-0.15, -0.1) is 0 Å². The Morgan fingerprint density at radius 1 is 1.28 bits per heavy atom. The average Bonchev–Trinajstić information content (AvgIpc) is 3.38. The molecule has 1 fully saturated rings. The summed E-state index contributed by atoms with van der Waals surface area (Å²) in [6.07, 6.45) is 6.27. The summed E-state index contributed by atoms with van der Waals surface area (Å²) in [4.78, 5) is 12.4. The Hall–Kier alpha value is -2.14. The van der Waals surface area contributed by atoms with Gasteiger partial charge in [0.25, 0.3) is 0 Å². The highest BCUT2D eigenvalue weighted by atomic mass is 16.2. The van der Waals surface area contributed by atoms with Gasteiger partial charge in [0, 0.05) is 12.2 Å². The Labute approximate surface area is 149 Å². The molecule has 25 heavy (non-hydrogen) atoms. The topological polar surface area (TPSA) is 59.0 Å². The van der Waals surface area contributed by atoms with Crippen molar-refractivity contribution in [3.63, 3.8) is 0 Å². The van der Waals surface area contributed by atoms with Gasteiger partial charge in [-0.2, -0.15) is 5.10 Å². The van der Waals surface area contributed by atoms with E-state index in [2.05, 4.69) is 41.7 Å². The van der Waals surface area contributed by atoms with Crippen molar-refractivity contribution in [2.24, 2.45) is 5.92 Å². The lowest BCUT2D eigenvalue weighted by atomic mass is 10.0. The van der Waals surface area contributed by atoms with E-state index in [9.17, 15) is 4.79 Å². The highest BCUT2D eigenvalue weighted by Crippen LogP contribution is 2.40. The normalized spacial score (nSPS) is 17.7. The molecule has 3 atom stereocenters. The summed E-state index contributed by atoms with van der Waals surface area (Å²) in [5.41, 5.74) is 2.35. The number of hydrogen-bond donors (Lipinski definition) is 2. The fourth-order valence-corrected chi connectivity index (χ4v) is 3.10. The lowest BCUT2D eigenvalue weighted by Gasteiger charge is -2.23. The molecule has 0 saturated heterocycles. The number of aryl methyl sites for hydroxylation is 1. The third-order valence-corrected chi connectivity index (χ3v) is 5.02. The SMILES string of the molecule is Cc1cnn([C@H](C)[C@H](C)NCC(=O)N[C@@H](c2ccccc2)C2CC2)c1. The average molecular weight is 340 g/mol. The van der Waals surface area contributed by atoms with Crippen molar-refractivity contribution in [2.75, 3.05) is 6.54 Å². The minimum absolute atomic E-state index is 0.0523. The molecule has 134 valence electrons. The Morgan fingerprint density at radius 2 is 2.00 bits per heavy atom. The maximum Gasteiger partial charge on any atom is 0.234 e. The molecule has 1 saturated carbocycles. The van der Waals surface area contributed by atoms with Gasteiger partial charge in [-0.25, -0.2) is 0 Å². The number of benzene rings is 1. The first kappa shape index (κ1) is 17.7. The van der Waals surface area contributed by atoms with E-state index >= 15 is 0 Å². The monoisotopic (exact) mass is 340 g/mol. The first-order chi connectivity index (χ1) is 12.0. The number of hydrogen-bond acceptors (Lipinski definition) is 3. The first-order valence-corrected chi connectivity index (χ1v) is 9.13. The van der Waals surface area contributed by atoms with Gasteiger partial charge in [0.2, 0.25) is 5.91 Å². The van der Waals surface area contributed by atoms with Crippen molar-refractivity contribution in [3.8, 4) is 0 Å². The van der Waals surface area contributed by atoms with Crippen LogP contribution < -0.4 is 10.6 Å². The van der Waals surface area contributed by atoms with Crippen molar-refractivity contribution < 1.29 is 4.79 Å². The van der Waals surface area contributed by atoms with Crippen LogP contribution in [0, 0.1) is 12.8 Å². The van der Waals surface area contributed by atoms with Crippen molar-refractivity contribution in [3.05, 3.63) is 53.9 Å². The molecule has 2 N–H and O–H groups in total. The van der Waals surface area contributed by atoms with Crippen LogP contribution in [-0.4, -0.2) is 28.3 Å². The van der Waals surface area contributed by atoms with Gasteiger partial charge in [-0.1, -0.05) is 30.3 Å². The van der Waals surface area contributed by atoms with Gasteiger partial charge in [0.05, 0.1) is 24.8 Å². The number of nitrogens with zero attached hydrogens (tertiary/aromatic N) is 2. The summed E-state index contributed by atoms with van der Waals surface area (Å²) in [5, 5.41) is 10.9. The van der Waals surface area contributed by atoms with Gasteiger partial charge in [-0.05, 0) is 50.7 Å². The maximum absolute atomic E-state index is 12.4. The van der Waals surface area contributed by atoms with Gasteiger partial charge >= 0.3 is 0 Å². The summed E-state index contributed by atoms with van der Waals surface area (Å²) >= 11 is 0. The van der Waals surface area contributed by atoms with Crippen LogP contribution in [0.2, 0.25) is 0 Å². The molecular formula is C20H28N4O. The second kappa shape index (κ2) is 7.83. The molecule has 5 heteroatoms. The smallest absolute Gasteiger partial charge is 0.234 e. The van der Waals surface area contributed by atoms with Crippen LogP contribution in [0.4, 0.5) is 0 Å². The molecule has 0 radical (unpaired) electrons. The van der Waals surface area contributed by atoms with E-state index < -0.39 is 0 Å². The van der Waals surface area contributed by atoms with Crippen LogP contribution in [0.15, 0.2) is 42.7 Å². The van der Waals surface area contributed by atoms with E-state index in [1.165, 1.54) is 18.4 Å². The zero-order valence-corrected chi connectivity index (χ0v) is 15.3. The Balaban J connectivity index is 1.51. The molecule has 0 unspecified atom stereocenters. The molecule has 0 aliphatic heterocycles. The summed E-state index contributed by atoms with van der Waals surface area (Å²) in [7, 11) is 0. The molecule has 1 aliphatic carbocycles. The minimum Gasteiger partial charge on any atom is -0.348 e. The molecule has 0 spiro atoms. The standard InChI is InChI=1S/C20H28N4O/c1-14-11-22-24(13-14)16(3)15(2)21-12-19(25)23-20(18-9-10-18)17-7-5-4-6-8-17/h4-8,11,13,15-16,18,20-21H,9-10,12H2,1-3H3,(H,23,25)/t15-,16+,20-/m0/s1. The summed E-state index contributed by atoms with van der Waals surface area (Å²) in [5.74, 6) is 0.631. The third-order valence-electron chi connectivity index (χ3n) is 5.02. The van der Waals surface area contributed by atoms with Crippen LogP contribution in [0.25, 0.3) is 0 Å². The molecule has 1 aromatic carbocycles. The summed E-state index contributed by atoms with van der Waals surface area (Å²) in [6, 6.07) is 10.8. The van der Waals surface area contributed by atoms with Crippen molar-refractivity contribution in [1.82, 2.24) is 20.4 Å². The molecule has 2 aromatic rings. The maximum atomic E-state index is 12.4. The Morgan fingerprint density at radius 3 is 2.60 bits per heavy atom. The minimum atomic E-state index is 0.0523. The van der Waals surface area contributed by atoms with E-state index in [-0.39, 0.29) is 24.0 Å². The van der Waals surface area contributed by atoms with Gasteiger partial charge in [-0.3, -0.25) is 9.48 Å². The van der Waals surface area contributed by atoms with Crippen molar-refractivity contribution >= 4 is 5.91 Å². The van der Waals surface area contributed by atoms with Crippen LogP contribution in [0.3, 0.4) is 0 Å². The summed E-state index contributed by atoms with van der Waals surface area (Å²) in [6.45, 7) is 6.55. The number of rotatable bonds is 8. The number of nitrogens with one attached hydrogen (secondary N) is 2. The predicted octanol–water partition coefficient (Wildman–Crippen LogP) is 3.00. The van der Waals surface area contributed by atoms with Crippen LogP contribution in [0.5, 0.6) is 0 Å². The van der Waals surface area contributed by atoms with E-state index in [1.807, 2.05) is 42.2 Å². The Bertz CT molecular complexity index is 693. The van der Waals surface area contributed by atoms with E-state index in [0.29, 0.717) is 12.5 Å². The fourth-order valence-electron chi connectivity index (χ4n) is 3.10. The van der Waals surface area contributed by atoms with Crippen molar-refractivity contribution in [1.29, 1.82) is 0 Å². The lowest BCUT2D eigenvalue weighted by molar-refractivity contribution is -0.121. The number of aromatic nitrogens is 2. The number of carbonyl (C=O) groups excluding carboxylic acids is 1. The molecular weight excluding hydrogens is 312 g/mol. The molecule has 1 aromatic heterocycles. The quantitative estimate of drug-likeness (QED) is 0.777. The van der Waals surface area contributed by atoms with Crippen LogP contribution in [-0.2, 0) is 4.79 Å². The van der Waals surface area contributed by atoms with Gasteiger partial charge in [0.15, 0.2) is 0 Å². The third kappa shape index (κ3) is 4.69.